The molecule has 0 spiro atoms. The summed E-state index contributed by atoms with van der Waals surface area (Å²) in [6.45, 7) is 1.44. The maximum atomic E-state index is 12.5. The van der Waals surface area contributed by atoms with Crippen molar-refractivity contribution in [3.63, 3.8) is 0 Å². The third-order valence-corrected chi connectivity index (χ3v) is 3.75. The third kappa shape index (κ3) is 2.52. The molecule has 1 aliphatic rings. The molecule has 2 aromatic rings. The molecule has 1 N–H and O–H groups in total. The van der Waals surface area contributed by atoms with Gasteiger partial charge in [0.15, 0.2) is 11.4 Å². The van der Waals surface area contributed by atoms with Crippen molar-refractivity contribution in [2.24, 2.45) is 0 Å². The van der Waals surface area contributed by atoms with Crippen LogP contribution in [0.3, 0.4) is 0 Å². The molecule has 0 saturated heterocycles. The number of fused-ring (bicyclic) bond motifs is 1. The fraction of sp³-hybridized carbons (Fsp3) is 0.200. The molecule has 0 atom stereocenters. The van der Waals surface area contributed by atoms with Gasteiger partial charge < -0.3 is 14.6 Å². The third-order valence-electron chi connectivity index (χ3n) is 3.51. The number of carbonyl (C=O) groups excluding carboxylic acids is 1. The smallest absolute Gasteiger partial charge is 0.274 e. The molecular weight excluding hydrogens is 292 g/mol. The fourth-order valence-electron chi connectivity index (χ4n) is 2.46. The summed E-state index contributed by atoms with van der Waals surface area (Å²) in [5, 5.41) is 10.4. The van der Waals surface area contributed by atoms with Crippen LogP contribution in [0, 0.1) is 0 Å². The van der Waals surface area contributed by atoms with E-state index < -0.39 is 11.2 Å². The first kappa shape index (κ1) is 13.7. The average Bonchev–Trinajstić information content (AvgIpc) is 2.46. The second-order valence-corrected chi connectivity index (χ2v) is 5.36. The summed E-state index contributed by atoms with van der Waals surface area (Å²) >= 11 is 5.94. The largest absolute Gasteiger partial charge is 0.503 e. The number of hydrogen-bond donors (Lipinski definition) is 1. The Morgan fingerprint density at radius 2 is 2.00 bits per heavy atom. The average molecular weight is 305 g/mol. The first-order chi connectivity index (χ1) is 10.1. The Morgan fingerprint density at radius 1 is 1.19 bits per heavy atom. The number of halogens is 1. The predicted octanol–water partition coefficient (Wildman–Crippen LogP) is 1.86. The van der Waals surface area contributed by atoms with E-state index in [1.807, 2.05) is 12.1 Å². The van der Waals surface area contributed by atoms with Gasteiger partial charge in [0.1, 0.15) is 0 Å². The van der Waals surface area contributed by atoms with Crippen LogP contribution in [0.1, 0.15) is 16.1 Å². The Labute approximate surface area is 126 Å². The monoisotopic (exact) mass is 304 g/mol. The second-order valence-electron chi connectivity index (χ2n) is 4.93. The van der Waals surface area contributed by atoms with Crippen LogP contribution in [-0.4, -0.2) is 27.0 Å². The van der Waals surface area contributed by atoms with E-state index in [-0.39, 0.29) is 11.6 Å². The van der Waals surface area contributed by atoms with E-state index in [2.05, 4.69) is 0 Å². The van der Waals surface area contributed by atoms with Gasteiger partial charge in [0.05, 0.1) is 0 Å². The maximum Gasteiger partial charge on any atom is 0.274 e. The number of pyridine rings is 1. The first-order valence-electron chi connectivity index (χ1n) is 6.52. The zero-order chi connectivity index (χ0) is 15.0. The molecule has 0 saturated carbocycles. The fourth-order valence-corrected chi connectivity index (χ4v) is 2.67. The minimum Gasteiger partial charge on any atom is -0.503 e. The lowest BCUT2D eigenvalue weighted by atomic mass is 10.1. The number of benzene rings is 1. The van der Waals surface area contributed by atoms with Crippen LogP contribution in [0.5, 0.6) is 5.75 Å². The standard InChI is InChI=1S/C15H13ClN2O3/c16-11-3-1-2-10(8-11)9-18-7-6-17-5-4-12(19)14(20)13(17)15(18)21/h1-5,8,20H,6-7,9H2. The van der Waals surface area contributed by atoms with Gasteiger partial charge in [0.25, 0.3) is 5.91 Å². The van der Waals surface area contributed by atoms with Gasteiger partial charge in [-0.15, -0.1) is 0 Å². The Morgan fingerprint density at radius 3 is 2.76 bits per heavy atom. The van der Waals surface area contributed by atoms with Crippen LogP contribution in [0.4, 0.5) is 0 Å². The molecule has 5 nitrogen and oxygen atoms in total. The Hall–Kier alpha value is -2.27. The van der Waals surface area contributed by atoms with Gasteiger partial charge in [-0.05, 0) is 17.7 Å². The number of carbonyl (C=O) groups is 1. The van der Waals surface area contributed by atoms with E-state index in [1.165, 1.54) is 12.3 Å². The number of aromatic hydroxyl groups is 1. The van der Waals surface area contributed by atoms with E-state index in [0.29, 0.717) is 24.7 Å². The van der Waals surface area contributed by atoms with E-state index >= 15 is 0 Å². The van der Waals surface area contributed by atoms with E-state index in [1.54, 1.807) is 21.6 Å². The lowest BCUT2D eigenvalue weighted by Crippen LogP contribution is -2.41. The summed E-state index contributed by atoms with van der Waals surface area (Å²) in [5.41, 5.74) is 0.414. The van der Waals surface area contributed by atoms with Crippen LogP contribution in [-0.2, 0) is 13.1 Å². The molecular formula is C15H13ClN2O3. The summed E-state index contributed by atoms with van der Waals surface area (Å²) in [5.74, 6) is -0.838. The van der Waals surface area contributed by atoms with Gasteiger partial charge >= 0.3 is 0 Å². The molecule has 0 aliphatic carbocycles. The highest BCUT2D eigenvalue weighted by molar-refractivity contribution is 6.30. The van der Waals surface area contributed by atoms with Crippen molar-refractivity contribution in [1.29, 1.82) is 0 Å². The topological polar surface area (TPSA) is 62.5 Å². The Kier molecular flexibility index (Phi) is 3.43. The van der Waals surface area contributed by atoms with Crippen molar-refractivity contribution in [3.05, 3.63) is 63.0 Å². The lowest BCUT2D eigenvalue weighted by molar-refractivity contribution is 0.0683. The van der Waals surface area contributed by atoms with Crippen LogP contribution in [0.15, 0.2) is 41.3 Å². The first-order valence-corrected chi connectivity index (χ1v) is 6.90. The molecule has 1 amide bonds. The highest BCUT2D eigenvalue weighted by Crippen LogP contribution is 2.21. The molecule has 0 radical (unpaired) electrons. The zero-order valence-electron chi connectivity index (χ0n) is 11.1. The highest BCUT2D eigenvalue weighted by atomic mass is 35.5. The summed E-state index contributed by atoms with van der Waals surface area (Å²) < 4.78 is 1.60. The Bertz CT molecular complexity index is 770. The van der Waals surface area contributed by atoms with Crippen LogP contribution < -0.4 is 5.43 Å². The summed E-state index contributed by atoms with van der Waals surface area (Å²) in [6, 6.07) is 8.53. The molecule has 1 aromatic heterocycles. The molecule has 6 heteroatoms. The van der Waals surface area contributed by atoms with Crippen molar-refractivity contribution in [2.75, 3.05) is 6.54 Å². The van der Waals surface area contributed by atoms with Gasteiger partial charge in [-0.2, -0.15) is 0 Å². The van der Waals surface area contributed by atoms with E-state index in [4.69, 9.17) is 11.6 Å². The summed E-state index contributed by atoms with van der Waals surface area (Å²) in [4.78, 5) is 25.5. The molecule has 2 heterocycles. The number of hydrogen-bond acceptors (Lipinski definition) is 3. The van der Waals surface area contributed by atoms with Gasteiger partial charge in [-0.25, -0.2) is 0 Å². The molecule has 108 valence electrons. The quantitative estimate of drug-likeness (QED) is 0.921. The lowest BCUT2D eigenvalue weighted by Gasteiger charge is -2.30. The van der Waals surface area contributed by atoms with Gasteiger partial charge in [0, 0.05) is 36.9 Å². The Balaban J connectivity index is 1.92. The van der Waals surface area contributed by atoms with E-state index in [9.17, 15) is 14.7 Å². The molecule has 0 unspecified atom stereocenters. The minimum absolute atomic E-state index is 0.0516. The molecule has 1 aliphatic heterocycles. The summed E-state index contributed by atoms with van der Waals surface area (Å²) in [7, 11) is 0. The zero-order valence-corrected chi connectivity index (χ0v) is 11.9. The molecule has 1 aromatic carbocycles. The highest BCUT2D eigenvalue weighted by Gasteiger charge is 2.27. The molecule has 3 rings (SSSR count). The SMILES string of the molecule is O=C1c2c(O)c(=O)ccn2CCN1Cc1cccc(Cl)c1. The number of aromatic nitrogens is 1. The van der Waals surface area contributed by atoms with Crippen LogP contribution in [0.25, 0.3) is 0 Å². The predicted molar refractivity (Wildman–Crippen MR) is 78.6 cm³/mol. The molecule has 0 fully saturated rings. The number of amides is 1. The molecule has 21 heavy (non-hydrogen) atoms. The second kappa shape index (κ2) is 5.26. The van der Waals surface area contributed by atoms with E-state index in [0.717, 1.165) is 5.56 Å². The van der Waals surface area contributed by atoms with Crippen molar-refractivity contribution in [3.8, 4) is 5.75 Å². The minimum atomic E-state index is -0.542. The van der Waals surface area contributed by atoms with Gasteiger partial charge in [-0.1, -0.05) is 23.7 Å². The van der Waals surface area contributed by atoms with Crippen molar-refractivity contribution < 1.29 is 9.90 Å². The molecule has 0 bridgehead atoms. The van der Waals surface area contributed by atoms with Gasteiger partial charge in [0.2, 0.25) is 5.43 Å². The maximum absolute atomic E-state index is 12.5. The van der Waals surface area contributed by atoms with Crippen molar-refractivity contribution in [1.82, 2.24) is 9.47 Å². The summed E-state index contributed by atoms with van der Waals surface area (Å²) in [6.07, 6.45) is 1.53. The van der Waals surface area contributed by atoms with Gasteiger partial charge in [-0.3, -0.25) is 9.59 Å². The number of nitrogens with zero attached hydrogens (tertiary/aromatic N) is 2. The normalized spacial score (nSPS) is 14.1. The van der Waals surface area contributed by atoms with Crippen molar-refractivity contribution in [2.45, 2.75) is 13.1 Å². The van der Waals surface area contributed by atoms with Crippen molar-refractivity contribution >= 4 is 17.5 Å². The van der Waals surface area contributed by atoms with Crippen LogP contribution >= 0.6 is 11.6 Å². The number of rotatable bonds is 2. The van der Waals surface area contributed by atoms with Crippen LogP contribution in [0.2, 0.25) is 5.02 Å².